The van der Waals surface area contributed by atoms with Crippen molar-refractivity contribution in [1.29, 1.82) is 0 Å². The van der Waals surface area contributed by atoms with Crippen LogP contribution in [0.3, 0.4) is 0 Å². The van der Waals surface area contributed by atoms with E-state index in [1.807, 2.05) is 58.0 Å². The molecule has 0 bridgehead atoms. The SMILES string of the molecule is COc1cc(C2NC(=S)NC(C)=C2C(=O)Nc2ccc(C)cc2)ccc1OCC(=O)N1CC(C)OC(C)C1. The maximum Gasteiger partial charge on any atom is 0.260 e. The van der Waals surface area contributed by atoms with Gasteiger partial charge < -0.3 is 35.1 Å². The van der Waals surface area contributed by atoms with Gasteiger partial charge in [-0.25, -0.2) is 0 Å². The number of methoxy groups -OCH3 is 1. The highest BCUT2D eigenvalue weighted by molar-refractivity contribution is 7.80. The van der Waals surface area contributed by atoms with E-state index in [-0.39, 0.29) is 30.6 Å². The third-order valence-electron chi connectivity index (χ3n) is 6.47. The molecule has 0 radical (unpaired) electrons. The molecule has 4 rings (SSSR count). The smallest absolute Gasteiger partial charge is 0.260 e. The number of nitrogens with zero attached hydrogens (tertiary/aromatic N) is 1. The maximum absolute atomic E-state index is 13.3. The van der Waals surface area contributed by atoms with E-state index >= 15 is 0 Å². The number of morpholine rings is 1. The Bertz CT molecular complexity index is 1240. The molecule has 0 saturated carbocycles. The normalized spacial score (nSPS) is 21.3. The first-order chi connectivity index (χ1) is 18.1. The van der Waals surface area contributed by atoms with Crippen molar-refractivity contribution in [2.45, 2.75) is 45.9 Å². The lowest BCUT2D eigenvalue weighted by Crippen LogP contribution is -2.49. The Balaban J connectivity index is 1.52. The molecule has 10 heteroatoms. The molecule has 9 nitrogen and oxygen atoms in total. The van der Waals surface area contributed by atoms with Crippen LogP contribution in [0.5, 0.6) is 11.5 Å². The fourth-order valence-corrected chi connectivity index (χ4v) is 4.95. The summed E-state index contributed by atoms with van der Waals surface area (Å²) in [5.41, 5.74) is 3.71. The zero-order valence-electron chi connectivity index (χ0n) is 22.3. The highest BCUT2D eigenvalue weighted by Gasteiger charge is 2.31. The summed E-state index contributed by atoms with van der Waals surface area (Å²) < 4.78 is 17.1. The van der Waals surface area contributed by atoms with Gasteiger partial charge in [0.2, 0.25) is 0 Å². The number of rotatable bonds is 7. The van der Waals surface area contributed by atoms with E-state index in [9.17, 15) is 9.59 Å². The quantitative estimate of drug-likeness (QED) is 0.461. The molecular weight excluding hydrogens is 504 g/mol. The summed E-state index contributed by atoms with van der Waals surface area (Å²) in [5.74, 6) is 0.512. The minimum atomic E-state index is -0.518. The molecule has 3 unspecified atom stereocenters. The third-order valence-corrected chi connectivity index (χ3v) is 6.69. The van der Waals surface area contributed by atoms with Gasteiger partial charge in [-0.1, -0.05) is 23.8 Å². The molecule has 3 atom stereocenters. The zero-order valence-corrected chi connectivity index (χ0v) is 23.1. The van der Waals surface area contributed by atoms with Crippen LogP contribution in [0.2, 0.25) is 0 Å². The number of thiocarbonyl (C=S) groups is 1. The van der Waals surface area contributed by atoms with Gasteiger partial charge in [0.1, 0.15) is 0 Å². The second-order valence-corrected chi connectivity index (χ2v) is 10.1. The van der Waals surface area contributed by atoms with Gasteiger partial charge in [0.15, 0.2) is 23.2 Å². The standard InChI is InChI=1S/C28H34N4O5S/c1-16-6-9-21(10-7-16)30-27(34)25-19(4)29-28(38)31-26(25)20-8-11-22(23(12-20)35-5)36-15-24(33)32-13-17(2)37-18(3)14-32/h6-12,17-18,26H,13-15H2,1-5H3,(H,30,34)(H2,29,31,38). The molecule has 2 aromatic carbocycles. The number of nitrogens with one attached hydrogen (secondary N) is 3. The number of hydrogen-bond donors (Lipinski definition) is 3. The zero-order chi connectivity index (χ0) is 27.4. The van der Waals surface area contributed by atoms with Gasteiger partial charge in [0.05, 0.1) is 30.9 Å². The van der Waals surface area contributed by atoms with Crippen LogP contribution in [0, 0.1) is 6.92 Å². The van der Waals surface area contributed by atoms with Crippen LogP contribution in [-0.4, -0.2) is 60.8 Å². The third kappa shape index (κ3) is 6.43. The fourth-order valence-electron chi connectivity index (χ4n) is 4.68. The van der Waals surface area contributed by atoms with E-state index in [1.165, 1.54) is 7.11 Å². The lowest BCUT2D eigenvalue weighted by molar-refractivity contribution is -0.145. The number of amides is 2. The van der Waals surface area contributed by atoms with Gasteiger partial charge in [0, 0.05) is 24.5 Å². The first kappa shape index (κ1) is 27.4. The van der Waals surface area contributed by atoms with E-state index in [2.05, 4.69) is 16.0 Å². The minimum absolute atomic E-state index is 0.0194. The minimum Gasteiger partial charge on any atom is -0.493 e. The van der Waals surface area contributed by atoms with Gasteiger partial charge in [-0.3, -0.25) is 9.59 Å². The van der Waals surface area contributed by atoms with Crippen LogP contribution in [-0.2, 0) is 14.3 Å². The van der Waals surface area contributed by atoms with Gasteiger partial charge in [-0.05, 0) is 69.7 Å². The molecule has 0 spiro atoms. The molecule has 0 aliphatic carbocycles. The summed E-state index contributed by atoms with van der Waals surface area (Å²) in [6, 6.07) is 12.4. The summed E-state index contributed by atoms with van der Waals surface area (Å²) in [5, 5.41) is 9.62. The van der Waals surface area contributed by atoms with Crippen molar-refractivity contribution in [1.82, 2.24) is 15.5 Å². The Morgan fingerprint density at radius 1 is 1.08 bits per heavy atom. The number of allylic oxidation sites excluding steroid dienone is 1. The highest BCUT2D eigenvalue weighted by Crippen LogP contribution is 2.34. The summed E-state index contributed by atoms with van der Waals surface area (Å²) in [4.78, 5) is 27.9. The highest BCUT2D eigenvalue weighted by atomic mass is 32.1. The fraction of sp³-hybridized carbons (Fsp3) is 0.393. The molecule has 2 aliphatic rings. The number of benzene rings is 2. The molecule has 0 aromatic heterocycles. The number of carbonyl (C=O) groups excluding carboxylic acids is 2. The predicted molar refractivity (Wildman–Crippen MR) is 149 cm³/mol. The number of anilines is 1. The molecule has 38 heavy (non-hydrogen) atoms. The van der Waals surface area contributed by atoms with Crippen molar-refractivity contribution >= 4 is 34.8 Å². The van der Waals surface area contributed by atoms with Crippen molar-refractivity contribution in [3.8, 4) is 11.5 Å². The Kier molecular flexibility index (Phi) is 8.53. The lowest BCUT2D eigenvalue weighted by atomic mass is 9.94. The molecule has 3 N–H and O–H groups in total. The lowest BCUT2D eigenvalue weighted by Gasteiger charge is -2.35. The number of hydrogen-bond acceptors (Lipinski definition) is 6. The number of ether oxygens (including phenoxy) is 3. The van der Waals surface area contributed by atoms with E-state index in [1.54, 1.807) is 17.0 Å². The van der Waals surface area contributed by atoms with Crippen LogP contribution in [0.1, 0.15) is 37.9 Å². The van der Waals surface area contributed by atoms with Crippen molar-refractivity contribution in [2.24, 2.45) is 0 Å². The topological polar surface area (TPSA) is 101 Å². The molecule has 1 fully saturated rings. The average molecular weight is 539 g/mol. The first-order valence-electron chi connectivity index (χ1n) is 12.5. The summed E-state index contributed by atoms with van der Waals surface area (Å²) in [7, 11) is 1.53. The number of carbonyl (C=O) groups is 2. The van der Waals surface area contributed by atoms with Crippen molar-refractivity contribution in [3.63, 3.8) is 0 Å². The second kappa shape index (κ2) is 11.8. The van der Waals surface area contributed by atoms with Gasteiger partial charge >= 0.3 is 0 Å². The van der Waals surface area contributed by atoms with Crippen LogP contribution in [0.15, 0.2) is 53.7 Å². The summed E-state index contributed by atoms with van der Waals surface area (Å²) >= 11 is 5.38. The van der Waals surface area contributed by atoms with E-state index < -0.39 is 6.04 Å². The van der Waals surface area contributed by atoms with Gasteiger partial charge in [0.25, 0.3) is 11.8 Å². The molecule has 2 aromatic rings. The van der Waals surface area contributed by atoms with Gasteiger partial charge in [-0.15, -0.1) is 0 Å². The van der Waals surface area contributed by atoms with Crippen molar-refractivity contribution in [3.05, 3.63) is 64.9 Å². The van der Waals surface area contributed by atoms with E-state index in [0.717, 1.165) is 11.1 Å². The van der Waals surface area contributed by atoms with E-state index in [0.29, 0.717) is 46.7 Å². The van der Waals surface area contributed by atoms with E-state index in [4.69, 9.17) is 26.4 Å². The van der Waals surface area contributed by atoms with Crippen LogP contribution in [0.4, 0.5) is 5.69 Å². The molecule has 2 heterocycles. The number of aryl methyl sites for hydroxylation is 1. The maximum atomic E-state index is 13.3. The summed E-state index contributed by atoms with van der Waals surface area (Å²) in [6.45, 7) is 8.65. The molecule has 2 aliphatic heterocycles. The van der Waals surface area contributed by atoms with Crippen molar-refractivity contribution in [2.75, 3.05) is 32.1 Å². The van der Waals surface area contributed by atoms with Crippen LogP contribution >= 0.6 is 12.2 Å². The monoisotopic (exact) mass is 538 g/mol. The Hall–Kier alpha value is -3.63. The Morgan fingerprint density at radius 2 is 1.76 bits per heavy atom. The van der Waals surface area contributed by atoms with Crippen molar-refractivity contribution < 1.29 is 23.8 Å². The predicted octanol–water partition coefficient (Wildman–Crippen LogP) is 3.45. The molecule has 1 saturated heterocycles. The molecule has 202 valence electrons. The van der Waals surface area contributed by atoms with Crippen LogP contribution < -0.4 is 25.4 Å². The Labute approximate surface area is 228 Å². The molecular formula is C28H34N4O5S. The summed E-state index contributed by atoms with van der Waals surface area (Å²) in [6.07, 6.45) is -0.0389. The largest absolute Gasteiger partial charge is 0.493 e. The van der Waals surface area contributed by atoms with Gasteiger partial charge in [-0.2, -0.15) is 0 Å². The first-order valence-corrected chi connectivity index (χ1v) is 13.0. The average Bonchev–Trinajstić information content (AvgIpc) is 2.87. The molecule has 2 amide bonds. The second-order valence-electron chi connectivity index (χ2n) is 9.65. The Morgan fingerprint density at radius 3 is 2.42 bits per heavy atom. The van der Waals surface area contributed by atoms with Crippen LogP contribution in [0.25, 0.3) is 0 Å².